The number of carbonyl (C=O) groups is 1. The van der Waals surface area contributed by atoms with E-state index in [1.165, 1.54) is 11.8 Å². The zero-order valence-electron chi connectivity index (χ0n) is 12.8. The van der Waals surface area contributed by atoms with Crippen molar-refractivity contribution in [2.45, 2.75) is 31.5 Å². The van der Waals surface area contributed by atoms with E-state index in [0.29, 0.717) is 16.5 Å². The third kappa shape index (κ3) is 3.35. The van der Waals surface area contributed by atoms with E-state index in [-0.39, 0.29) is 23.9 Å². The lowest BCUT2D eigenvalue weighted by molar-refractivity contribution is -0.116. The zero-order valence-corrected chi connectivity index (χ0v) is 15.2. The minimum atomic E-state index is -0.151. The number of nitrogens with zero attached hydrogens (tertiary/aromatic N) is 2. The van der Waals surface area contributed by atoms with Gasteiger partial charge < -0.3 is 5.32 Å². The average molecular weight is 394 g/mol. The van der Waals surface area contributed by atoms with Gasteiger partial charge in [-0.2, -0.15) is 0 Å². The van der Waals surface area contributed by atoms with Crippen LogP contribution in [0.3, 0.4) is 0 Å². The number of rotatable bonds is 3. The van der Waals surface area contributed by atoms with E-state index >= 15 is 0 Å². The van der Waals surface area contributed by atoms with Crippen molar-refractivity contribution in [3.05, 3.63) is 50.3 Å². The summed E-state index contributed by atoms with van der Waals surface area (Å²) in [4.78, 5) is 29.2. The Morgan fingerprint density at radius 1 is 1.48 bits per heavy atom. The zero-order chi connectivity index (χ0) is 16.6. The van der Waals surface area contributed by atoms with E-state index < -0.39 is 0 Å². The summed E-state index contributed by atoms with van der Waals surface area (Å²) in [6.45, 7) is 3.62. The fourth-order valence-corrected chi connectivity index (χ4v) is 4.10. The first-order valence-electron chi connectivity index (χ1n) is 7.23. The monoisotopic (exact) mass is 393 g/mol. The standard InChI is InChI=1S/C16H16BrN3O2S/c1-9-10(2)18-16-20(15(9)22)13(8-23-16)7-14(21)19-12-5-3-4-11(17)6-12/h3-6,13H,7-8H2,1-2H3,(H,19,21). The van der Waals surface area contributed by atoms with Gasteiger partial charge in [-0.3, -0.25) is 14.2 Å². The molecule has 120 valence electrons. The van der Waals surface area contributed by atoms with Crippen molar-refractivity contribution in [2.24, 2.45) is 0 Å². The molecule has 2 heterocycles. The number of thioether (sulfide) groups is 1. The molecule has 0 spiro atoms. The number of amides is 1. The Bertz CT molecular complexity index is 835. The predicted octanol–water partition coefficient (Wildman–Crippen LogP) is 3.30. The third-order valence-electron chi connectivity index (χ3n) is 3.85. The molecule has 5 nitrogen and oxygen atoms in total. The molecule has 1 aromatic carbocycles. The Balaban J connectivity index is 1.77. The van der Waals surface area contributed by atoms with Gasteiger partial charge >= 0.3 is 0 Å². The van der Waals surface area contributed by atoms with E-state index in [9.17, 15) is 9.59 Å². The molecule has 1 N–H and O–H groups in total. The molecule has 0 saturated heterocycles. The van der Waals surface area contributed by atoms with E-state index in [0.717, 1.165) is 15.9 Å². The second-order valence-electron chi connectivity index (χ2n) is 5.51. The van der Waals surface area contributed by atoms with Crippen LogP contribution < -0.4 is 10.9 Å². The van der Waals surface area contributed by atoms with Gasteiger partial charge in [-0.15, -0.1) is 0 Å². The van der Waals surface area contributed by atoms with Crippen LogP contribution in [0.5, 0.6) is 0 Å². The Labute approximate surface area is 146 Å². The molecular formula is C16H16BrN3O2S. The summed E-state index contributed by atoms with van der Waals surface area (Å²) >= 11 is 4.91. The molecule has 1 unspecified atom stereocenters. The van der Waals surface area contributed by atoms with Crippen LogP contribution in [-0.2, 0) is 4.79 Å². The maximum atomic E-state index is 12.4. The third-order valence-corrected chi connectivity index (χ3v) is 5.44. The van der Waals surface area contributed by atoms with Crippen LogP contribution in [-0.4, -0.2) is 21.2 Å². The van der Waals surface area contributed by atoms with Crippen LogP contribution in [0.1, 0.15) is 23.7 Å². The summed E-state index contributed by atoms with van der Waals surface area (Å²) in [5, 5.41) is 3.58. The minimum Gasteiger partial charge on any atom is -0.326 e. The van der Waals surface area contributed by atoms with Crippen LogP contribution in [0.4, 0.5) is 5.69 Å². The van der Waals surface area contributed by atoms with Gasteiger partial charge in [0.1, 0.15) is 0 Å². The highest BCUT2D eigenvalue weighted by atomic mass is 79.9. The van der Waals surface area contributed by atoms with Gasteiger partial charge in [0.2, 0.25) is 5.91 Å². The number of benzene rings is 1. The quantitative estimate of drug-likeness (QED) is 0.812. The van der Waals surface area contributed by atoms with Crippen molar-refractivity contribution in [1.82, 2.24) is 9.55 Å². The van der Waals surface area contributed by atoms with Gasteiger partial charge in [-0.25, -0.2) is 4.98 Å². The molecule has 1 aromatic heterocycles. The highest BCUT2D eigenvalue weighted by Gasteiger charge is 2.28. The van der Waals surface area contributed by atoms with Crippen LogP contribution in [0.15, 0.2) is 38.7 Å². The normalized spacial score (nSPS) is 16.2. The second-order valence-corrected chi connectivity index (χ2v) is 7.41. The van der Waals surface area contributed by atoms with Crippen LogP contribution in [0, 0.1) is 13.8 Å². The molecule has 3 rings (SSSR count). The van der Waals surface area contributed by atoms with E-state index in [1.54, 1.807) is 11.5 Å². The number of nitrogens with one attached hydrogen (secondary N) is 1. The lowest BCUT2D eigenvalue weighted by atomic mass is 10.2. The molecule has 1 atom stereocenters. The smallest absolute Gasteiger partial charge is 0.257 e. The summed E-state index contributed by atoms with van der Waals surface area (Å²) in [5.74, 6) is 0.587. The van der Waals surface area contributed by atoms with Crippen molar-refractivity contribution in [3.8, 4) is 0 Å². The summed E-state index contributed by atoms with van der Waals surface area (Å²) in [6.07, 6.45) is 0.261. The van der Waals surface area contributed by atoms with Gasteiger partial charge in [0.15, 0.2) is 5.16 Å². The number of carbonyl (C=O) groups excluding carboxylic acids is 1. The maximum Gasteiger partial charge on any atom is 0.257 e. The molecule has 23 heavy (non-hydrogen) atoms. The number of hydrogen-bond acceptors (Lipinski definition) is 4. The minimum absolute atomic E-state index is 0.0437. The molecule has 1 aliphatic heterocycles. The Kier molecular flexibility index (Phi) is 4.59. The van der Waals surface area contributed by atoms with E-state index in [4.69, 9.17) is 0 Å². The number of anilines is 1. The van der Waals surface area contributed by atoms with Crippen LogP contribution in [0.25, 0.3) is 0 Å². The first kappa shape index (κ1) is 16.3. The highest BCUT2D eigenvalue weighted by Crippen LogP contribution is 2.32. The fraction of sp³-hybridized carbons (Fsp3) is 0.312. The van der Waals surface area contributed by atoms with E-state index in [2.05, 4.69) is 26.2 Å². The van der Waals surface area contributed by atoms with Gasteiger partial charge in [-0.05, 0) is 32.0 Å². The number of aryl methyl sites for hydroxylation is 1. The molecule has 0 bridgehead atoms. The van der Waals surface area contributed by atoms with Crippen molar-refractivity contribution in [1.29, 1.82) is 0 Å². The Hall–Kier alpha value is -1.60. The molecule has 2 aromatic rings. The number of hydrogen-bond donors (Lipinski definition) is 1. The lowest BCUT2D eigenvalue weighted by Gasteiger charge is -2.14. The van der Waals surface area contributed by atoms with Gasteiger partial charge in [-0.1, -0.05) is 33.8 Å². The predicted molar refractivity (Wildman–Crippen MR) is 95.1 cm³/mol. The van der Waals surface area contributed by atoms with Crippen molar-refractivity contribution < 1.29 is 4.79 Å². The first-order valence-corrected chi connectivity index (χ1v) is 9.01. The largest absolute Gasteiger partial charge is 0.326 e. The van der Waals surface area contributed by atoms with Crippen LogP contribution in [0.2, 0.25) is 0 Å². The summed E-state index contributed by atoms with van der Waals surface area (Å²) in [5.41, 5.74) is 2.10. The topological polar surface area (TPSA) is 64.0 Å². The summed E-state index contributed by atoms with van der Waals surface area (Å²) < 4.78 is 2.57. The fourth-order valence-electron chi connectivity index (χ4n) is 2.52. The molecule has 0 fully saturated rings. The molecule has 0 radical (unpaired) electrons. The molecular weight excluding hydrogens is 378 g/mol. The maximum absolute atomic E-state index is 12.4. The number of aromatic nitrogens is 2. The van der Waals surface area contributed by atoms with Crippen molar-refractivity contribution >= 4 is 39.3 Å². The highest BCUT2D eigenvalue weighted by molar-refractivity contribution is 9.10. The Morgan fingerprint density at radius 2 is 2.26 bits per heavy atom. The molecule has 0 aliphatic carbocycles. The van der Waals surface area contributed by atoms with Gasteiger partial charge in [0.25, 0.3) is 5.56 Å². The van der Waals surface area contributed by atoms with Gasteiger partial charge in [0.05, 0.1) is 6.04 Å². The second kappa shape index (κ2) is 6.49. The molecule has 1 amide bonds. The summed E-state index contributed by atoms with van der Waals surface area (Å²) in [7, 11) is 0. The molecule has 0 saturated carbocycles. The molecule has 7 heteroatoms. The van der Waals surface area contributed by atoms with E-state index in [1.807, 2.05) is 31.2 Å². The first-order chi connectivity index (χ1) is 11.0. The van der Waals surface area contributed by atoms with Crippen molar-refractivity contribution in [2.75, 3.05) is 11.1 Å². The Morgan fingerprint density at radius 3 is 3.00 bits per heavy atom. The summed E-state index contributed by atoms with van der Waals surface area (Å²) in [6, 6.07) is 7.29. The van der Waals surface area contributed by atoms with Crippen LogP contribution >= 0.6 is 27.7 Å². The van der Waals surface area contributed by atoms with Crippen molar-refractivity contribution in [3.63, 3.8) is 0 Å². The van der Waals surface area contributed by atoms with Gasteiger partial charge in [0, 0.05) is 33.6 Å². The SMILES string of the molecule is Cc1nc2n(c(=O)c1C)C(CC(=O)Nc1cccc(Br)c1)CS2. The molecule has 1 aliphatic rings. The lowest BCUT2D eigenvalue weighted by Crippen LogP contribution is -2.29. The average Bonchev–Trinajstić information content (AvgIpc) is 2.87. The number of fused-ring (bicyclic) bond motifs is 1. The number of halogens is 1.